The summed E-state index contributed by atoms with van der Waals surface area (Å²) in [6.45, 7) is 6.67. The number of hydrogen-bond acceptors (Lipinski definition) is 7. The smallest absolute Gasteiger partial charge is 0.259 e. The fourth-order valence-electron chi connectivity index (χ4n) is 4.18. The zero-order valence-corrected chi connectivity index (χ0v) is 19.4. The molecule has 8 heteroatoms. The molecule has 3 aromatic rings. The molecule has 0 radical (unpaired) electrons. The molecule has 0 aliphatic carbocycles. The molecule has 2 N–H and O–H groups in total. The molecular weight excluding hydrogens is 432 g/mol. The van der Waals surface area contributed by atoms with Crippen molar-refractivity contribution in [3.8, 4) is 23.3 Å². The Morgan fingerprint density at radius 2 is 1.97 bits per heavy atom. The highest BCUT2D eigenvalue weighted by Gasteiger charge is 2.36. The van der Waals surface area contributed by atoms with Gasteiger partial charge in [-0.05, 0) is 39.0 Å². The van der Waals surface area contributed by atoms with Crippen molar-refractivity contribution in [3.05, 3.63) is 93.0 Å². The first kappa shape index (κ1) is 22.9. The highest BCUT2D eigenvalue weighted by atomic mass is 16.5. The van der Waals surface area contributed by atoms with Crippen LogP contribution in [0, 0.1) is 18.3 Å². The van der Waals surface area contributed by atoms with Crippen LogP contribution in [0.25, 0.3) is 0 Å². The number of fused-ring (bicyclic) bond motifs is 1. The maximum absolute atomic E-state index is 13.9. The zero-order valence-electron chi connectivity index (χ0n) is 19.4. The van der Waals surface area contributed by atoms with Crippen LogP contribution in [0.5, 0.6) is 17.2 Å². The van der Waals surface area contributed by atoms with E-state index < -0.39 is 5.92 Å². The summed E-state index contributed by atoms with van der Waals surface area (Å²) in [5.41, 5.74) is 8.39. The third-order valence-corrected chi connectivity index (χ3v) is 5.65. The summed E-state index contributed by atoms with van der Waals surface area (Å²) in [4.78, 5) is 18.2. The highest BCUT2D eigenvalue weighted by Crippen LogP contribution is 2.46. The van der Waals surface area contributed by atoms with Gasteiger partial charge in [-0.3, -0.25) is 9.78 Å². The summed E-state index contributed by atoms with van der Waals surface area (Å²) >= 11 is 0. The summed E-state index contributed by atoms with van der Waals surface area (Å²) in [5, 5.41) is 10.0. The minimum atomic E-state index is -0.779. The first-order chi connectivity index (χ1) is 16.5. The van der Waals surface area contributed by atoms with Crippen LogP contribution in [-0.2, 0) is 6.54 Å². The van der Waals surface area contributed by atoms with Gasteiger partial charge in [-0.2, -0.15) is 5.26 Å². The van der Waals surface area contributed by atoms with E-state index in [2.05, 4.69) is 11.1 Å². The molecule has 1 atom stereocenters. The van der Waals surface area contributed by atoms with Gasteiger partial charge in [0.25, 0.3) is 5.56 Å². The van der Waals surface area contributed by atoms with Crippen LogP contribution >= 0.6 is 0 Å². The Hall–Kier alpha value is -4.25. The SMILES string of the molecule is CCOc1cccc([C@@H]2C(C#N)=C(N)Oc3cc(C)n(Cc4ccccn4)c(=O)c32)c1OCC. The van der Waals surface area contributed by atoms with Crippen molar-refractivity contribution in [2.45, 2.75) is 33.2 Å². The van der Waals surface area contributed by atoms with E-state index in [0.29, 0.717) is 47.3 Å². The van der Waals surface area contributed by atoms with E-state index in [0.717, 1.165) is 5.69 Å². The van der Waals surface area contributed by atoms with Gasteiger partial charge < -0.3 is 24.5 Å². The van der Waals surface area contributed by atoms with Gasteiger partial charge in [0.05, 0.1) is 36.9 Å². The molecule has 8 nitrogen and oxygen atoms in total. The van der Waals surface area contributed by atoms with E-state index in [1.807, 2.05) is 51.1 Å². The summed E-state index contributed by atoms with van der Waals surface area (Å²) in [6.07, 6.45) is 1.69. The number of aryl methyl sites for hydroxylation is 1. The second kappa shape index (κ2) is 9.71. The van der Waals surface area contributed by atoms with E-state index >= 15 is 0 Å². The van der Waals surface area contributed by atoms with Gasteiger partial charge in [-0.25, -0.2) is 0 Å². The number of aromatic nitrogens is 2. The van der Waals surface area contributed by atoms with Crippen LogP contribution < -0.4 is 25.5 Å². The van der Waals surface area contributed by atoms with Crippen molar-refractivity contribution in [2.75, 3.05) is 13.2 Å². The first-order valence-corrected chi connectivity index (χ1v) is 11.1. The lowest BCUT2D eigenvalue weighted by atomic mass is 9.83. The fraction of sp³-hybridized carbons (Fsp3) is 0.269. The van der Waals surface area contributed by atoms with E-state index in [1.54, 1.807) is 22.9 Å². The molecule has 0 bridgehead atoms. The number of ether oxygens (including phenoxy) is 3. The minimum Gasteiger partial charge on any atom is -0.490 e. The molecule has 4 rings (SSSR count). The molecular formula is C26H26N4O4. The first-order valence-electron chi connectivity index (χ1n) is 11.1. The van der Waals surface area contributed by atoms with Gasteiger partial charge in [0.1, 0.15) is 17.4 Å². The minimum absolute atomic E-state index is 0.0365. The van der Waals surface area contributed by atoms with E-state index in [9.17, 15) is 10.1 Å². The third kappa shape index (κ3) is 4.08. The lowest BCUT2D eigenvalue weighted by Crippen LogP contribution is -2.33. The van der Waals surface area contributed by atoms with Crippen LogP contribution in [0.15, 0.2) is 64.9 Å². The Kier molecular flexibility index (Phi) is 6.55. The molecule has 1 aliphatic rings. The number of nitriles is 1. The molecule has 1 aliphatic heterocycles. The van der Waals surface area contributed by atoms with Crippen molar-refractivity contribution < 1.29 is 14.2 Å². The number of pyridine rings is 2. The third-order valence-electron chi connectivity index (χ3n) is 5.65. The van der Waals surface area contributed by atoms with Crippen molar-refractivity contribution in [1.82, 2.24) is 9.55 Å². The van der Waals surface area contributed by atoms with Crippen molar-refractivity contribution in [1.29, 1.82) is 5.26 Å². The van der Waals surface area contributed by atoms with Gasteiger partial charge in [-0.15, -0.1) is 0 Å². The van der Waals surface area contributed by atoms with Crippen LogP contribution in [0.3, 0.4) is 0 Å². The maximum atomic E-state index is 13.9. The number of para-hydroxylation sites is 1. The van der Waals surface area contributed by atoms with Crippen molar-refractivity contribution >= 4 is 0 Å². The molecule has 0 fully saturated rings. The predicted molar refractivity (Wildman–Crippen MR) is 127 cm³/mol. The van der Waals surface area contributed by atoms with Crippen molar-refractivity contribution in [3.63, 3.8) is 0 Å². The molecule has 174 valence electrons. The standard InChI is InChI=1S/C26H26N4O4/c1-4-32-20-11-8-10-18(24(20)33-5-2)22-19(14-27)25(28)34-21-13-16(3)30(26(31)23(21)22)15-17-9-6-7-12-29-17/h6-13,22H,4-5,15,28H2,1-3H3/t22-/m1/s1. The van der Waals surface area contributed by atoms with Gasteiger partial charge >= 0.3 is 0 Å². The number of allylic oxidation sites excluding steroid dienone is 1. The number of hydrogen-bond donors (Lipinski definition) is 1. The van der Waals surface area contributed by atoms with Crippen LogP contribution in [0.1, 0.15) is 42.3 Å². The molecule has 0 spiro atoms. The Morgan fingerprint density at radius 3 is 2.65 bits per heavy atom. The Morgan fingerprint density at radius 1 is 1.18 bits per heavy atom. The quantitative estimate of drug-likeness (QED) is 0.575. The largest absolute Gasteiger partial charge is 0.490 e. The molecule has 34 heavy (non-hydrogen) atoms. The molecule has 3 heterocycles. The van der Waals surface area contributed by atoms with Crippen LogP contribution in [-0.4, -0.2) is 22.8 Å². The van der Waals surface area contributed by atoms with Gasteiger partial charge in [0, 0.05) is 23.5 Å². The molecule has 0 saturated heterocycles. The van der Waals surface area contributed by atoms with Crippen LogP contribution in [0.2, 0.25) is 0 Å². The summed E-state index contributed by atoms with van der Waals surface area (Å²) in [6, 6.07) is 14.9. The van der Waals surface area contributed by atoms with Gasteiger partial charge in [0.2, 0.25) is 5.88 Å². The second-order valence-corrected chi connectivity index (χ2v) is 7.74. The average molecular weight is 459 g/mol. The van der Waals surface area contributed by atoms with Crippen molar-refractivity contribution in [2.24, 2.45) is 5.73 Å². The summed E-state index contributed by atoms with van der Waals surface area (Å²) < 4.78 is 19.1. The average Bonchev–Trinajstić information content (AvgIpc) is 2.83. The molecule has 0 saturated carbocycles. The van der Waals surface area contributed by atoms with Crippen LogP contribution in [0.4, 0.5) is 0 Å². The van der Waals surface area contributed by atoms with Gasteiger partial charge in [-0.1, -0.05) is 18.2 Å². The zero-order chi connectivity index (χ0) is 24.2. The maximum Gasteiger partial charge on any atom is 0.259 e. The molecule has 1 aromatic carbocycles. The van der Waals surface area contributed by atoms with E-state index in [-0.39, 0.29) is 23.6 Å². The van der Waals surface area contributed by atoms with E-state index in [4.69, 9.17) is 19.9 Å². The monoisotopic (exact) mass is 458 g/mol. The van der Waals surface area contributed by atoms with E-state index in [1.165, 1.54) is 0 Å². The summed E-state index contributed by atoms with van der Waals surface area (Å²) in [5.74, 6) is 0.517. The number of benzene rings is 1. The molecule has 0 unspecified atom stereocenters. The highest BCUT2D eigenvalue weighted by molar-refractivity contribution is 5.61. The number of nitrogens with two attached hydrogens (primary N) is 1. The Balaban J connectivity index is 1.97. The van der Waals surface area contributed by atoms with Gasteiger partial charge in [0.15, 0.2) is 11.5 Å². The Bertz CT molecular complexity index is 1340. The lowest BCUT2D eigenvalue weighted by molar-refractivity contribution is 0.284. The Labute approximate surface area is 197 Å². The fourth-order valence-corrected chi connectivity index (χ4v) is 4.18. The number of rotatable bonds is 7. The number of nitrogens with zero attached hydrogens (tertiary/aromatic N) is 3. The molecule has 0 amide bonds. The normalized spacial score (nSPS) is 14.7. The summed E-state index contributed by atoms with van der Waals surface area (Å²) in [7, 11) is 0. The topological polar surface area (TPSA) is 112 Å². The molecule has 2 aromatic heterocycles. The predicted octanol–water partition coefficient (Wildman–Crippen LogP) is 3.62. The lowest BCUT2D eigenvalue weighted by Gasteiger charge is -2.28. The second-order valence-electron chi connectivity index (χ2n) is 7.74.